The predicted molar refractivity (Wildman–Crippen MR) is 171 cm³/mol. The van der Waals surface area contributed by atoms with Crippen LogP contribution in [0.5, 0.6) is 0 Å². The van der Waals surface area contributed by atoms with Crippen LogP contribution in [0.25, 0.3) is 11.1 Å². The van der Waals surface area contributed by atoms with Crippen molar-refractivity contribution in [1.29, 1.82) is 0 Å². The van der Waals surface area contributed by atoms with Crippen molar-refractivity contribution in [3.05, 3.63) is 125 Å². The Balaban J connectivity index is 1.28. The second kappa shape index (κ2) is 15.2. The second-order valence-electron chi connectivity index (χ2n) is 10.8. The third-order valence-corrected chi connectivity index (χ3v) is 8.56. The first-order chi connectivity index (χ1) is 21.4. The maximum Gasteiger partial charge on any atom is 0.303 e. The van der Waals surface area contributed by atoms with Gasteiger partial charge in [-0.2, -0.15) is 0 Å². The predicted octanol–water partition coefficient (Wildman–Crippen LogP) is 6.75. The van der Waals surface area contributed by atoms with Gasteiger partial charge in [0.25, 0.3) is 5.91 Å². The standard InChI is InChI=1S/C36H37NO6S/c1-24(41-25(2)39)35(40)37-21-27-7-6-8-31(19-27)28-15-17-30(18-16-28)36-42-32(23-44-33-9-4-3-5-10-33)20-34(43-36)29-13-11-26(22-38)12-14-29/h3-19,24,32,34,36,38H,20-23H2,1-2H3,(H,37,40). The summed E-state index contributed by atoms with van der Waals surface area (Å²) in [7, 11) is 0. The van der Waals surface area contributed by atoms with Crippen molar-refractivity contribution in [3.63, 3.8) is 0 Å². The Morgan fingerprint density at radius 1 is 0.886 bits per heavy atom. The molecule has 1 aliphatic heterocycles. The number of thioether (sulfide) groups is 1. The average molecular weight is 612 g/mol. The maximum absolute atomic E-state index is 12.2. The third-order valence-electron chi connectivity index (χ3n) is 7.42. The number of esters is 1. The van der Waals surface area contributed by atoms with E-state index in [-0.39, 0.29) is 24.7 Å². The second-order valence-corrected chi connectivity index (χ2v) is 11.9. The number of hydrogen-bond donors (Lipinski definition) is 2. The molecule has 0 radical (unpaired) electrons. The summed E-state index contributed by atoms with van der Waals surface area (Å²) < 4.78 is 18.0. The summed E-state index contributed by atoms with van der Waals surface area (Å²) >= 11 is 1.78. The molecule has 1 fully saturated rings. The number of carbonyl (C=O) groups is 2. The summed E-state index contributed by atoms with van der Waals surface area (Å²) in [5, 5.41) is 12.3. The Kier molecular flexibility index (Phi) is 10.9. The first-order valence-corrected chi connectivity index (χ1v) is 15.7. The molecule has 2 N–H and O–H groups in total. The van der Waals surface area contributed by atoms with Gasteiger partial charge in [0.1, 0.15) is 0 Å². The van der Waals surface area contributed by atoms with Gasteiger partial charge >= 0.3 is 5.97 Å². The Morgan fingerprint density at radius 3 is 2.32 bits per heavy atom. The van der Waals surface area contributed by atoms with E-state index in [0.29, 0.717) is 6.54 Å². The van der Waals surface area contributed by atoms with Crippen molar-refractivity contribution in [2.24, 2.45) is 0 Å². The molecule has 1 amide bonds. The van der Waals surface area contributed by atoms with E-state index in [1.54, 1.807) is 18.7 Å². The molecule has 0 aromatic heterocycles. The van der Waals surface area contributed by atoms with Gasteiger partial charge < -0.3 is 24.6 Å². The van der Waals surface area contributed by atoms with Gasteiger partial charge in [-0.05, 0) is 52.9 Å². The summed E-state index contributed by atoms with van der Waals surface area (Å²) in [5.41, 5.74) is 5.84. The Bertz CT molecular complexity index is 1530. The molecule has 228 valence electrons. The molecule has 0 aliphatic carbocycles. The zero-order valence-corrected chi connectivity index (χ0v) is 25.7. The lowest BCUT2D eigenvalue weighted by Gasteiger charge is -2.36. The number of aliphatic hydroxyl groups excluding tert-OH is 1. The van der Waals surface area contributed by atoms with Crippen LogP contribution in [0.15, 0.2) is 108 Å². The van der Waals surface area contributed by atoms with Crippen LogP contribution in [0.3, 0.4) is 0 Å². The van der Waals surface area contributed by atoms with Gasteiger partial charge in [-0.15, -0.1) is 11.8 Å². The molecule has 1 saturated heterocycles. The SMILES string of the molecule is CC(=O)OC(C)C(=O)NCc1cccc(-c2ccc(C3OC(CSc4ccccc4)CC(c4ccc(CO)cc4)O3)cc2)c1. The maximum atomic E-state index is 12.2. The minimum absolute atomic E-state index is 0.00701. The molecule has 0 bridgehead atoms. The highest BCUT2D eigenvalue weighted by Gasteiger charge is 2.32. The Labute approximate surface area is 262 Å². The number of benzene rings is 4. The van der Waals surface area contributed by atoms with Crippen LogP contribution < -0.4 is 5.32 Å². The van der Waals surface area contributed by atoms with Crippen LogP contribution in [0.2, 0.25) is 0 Å². The molecule has 44 heavy (non-hydrogen) atoms. The molecule has 4 aromatic rings. The lowest BCUT2D eigenvalue weighted by Crippen LogP contribution is -2.35. The fraction of sp³-hybridized carbons (Fsp3) is 0.278. The number of carbonyl (C=O) groups excluding carboxylic acids is 2. The molecule has 4 aromatic carbocycles. The van der Waals surface area contributed by atoms with E-state index in [1.165, 1.54) is 11.8 Å². The summed E-state index contributed by atoms with van der Waals surface area (Å²) in [6.45, 7) is 3.16. The normalized spacial score (nSPS) is 18.8. The van der Waals surface area contributed by atoms with Crippen LogP contribution >= 0.6 is 11.8 Å². The van der Waals surface area contributed by atoms with E-state index in [4.69, 9.17) is 14.2 Å². The van der Waals surface area contributed by atoms with Gasteiger partial charge in [-0.1, -0.05) is 84.9 Å². The van der Waals surface area contributed by atoms with Crippen molar-refractivity contribution < 1.29 is 28.9 Å². The zero-order valence-electron chi connectivity index (χ0n) is 24.8. The minimum Gasteiger partial charge on any atom is -0.453 e. The summed E-state index contributed by atoms with van der Waals surface area (Å²) in [4.78, 5) is 24.6. The Morgan fingerprint density at radius 2 is 1.61 bits per heavy atom. The molecule has 7 nitrogen and oxygen atoms in total. The topological polar surface area (TPSA) is 94.1 Å². The molecule has 1 aliphatic rings. The molecule has 5 rings (SSSR count). The number of ether oxygens (including phenoxy) is 3. The van der Waals surface area contributed by atoms with Crippen molar-refractivity contribution in [3.8, 4) is 11.1 Å². The zero-order chi connectivity index (χ0) is 30.9. The average Bonchev–Trinajstić information content (AvgIpc) is 3.06. The van der Waals surface area contributed by atoms with Gasteiger partial charge in [0, 0.05) is 36.1 Å². The van der Waals surface area contributed by atoms with Crippen molar-refractivity contribution in [1.82, 2.24) is 5.32 Å². The molecule has 0 saturated carbocycles. The molecule has 4 unspecified atom stereocenters. The van der Waals surface area contributed by atoms with E-state index in [9.17, 15) is 14.7 Å². The van der Waals surface area contributed by atoms with Gasteiger partial charge in [-0.25, -0.2) is 0 Å². The van der Waals surface area contributed by atoms with Crippen LogP contribution in [-0.2, 0) is 37.0 Å². The Hall–Kier alpha value is -3.95. The van der Waals surface area contributed by atoms with Crippen LogP contribution in [0, 0.1) is 0 Å². The summed E-state index contributed by atoms with van der Waals surface area (Å²) in [5.74, 6) is -0.0302. The number of amides is 1. The van der Waals surface area contributed by atoms with Crippen LogP contribution in [-0.4, -0.2) is 34.9 Å². The van der Waals surface area contributed by atoms with E-state index in [0.717, 1.165) is 45.6 Å². The van der Waals surface area contributed by atoms with Gasteiger partial charge in [0.15, 0.2) is 12.4 Å². The van der Waals surface area contributed by atoms with Crippen molar-refractivity contribution in [2.45, 2.75) is 62.9 Å². The lowest BCUT2D eigenvalue weighted by atomic mass is 9.99. The minimum atomic E-state index is -0.844. The largest absolute Gasteiger partial charge is 0.453 e. The number of nitrogens with one attached hydrogen (secondary N) is 1. The fourth-order valence-electron chi connectivity index (χ4n) is 5.06. The fourth-order valence-corrected chi connectivity index (χ4v) is 6.00. The van der Waals surface area contributed by atoms with Crippen LogP contribution in [0.4, 0.5) is 0 Å². The van der Waals surface area contributed by atoms with Gasteiger partial charge in [-0.3, -0.25) is 9.59 Å². The molecule has 1 heterocycles. The van der Waals surface area contributed by atoms with Gasteiger partial charge in [0.05, 0.1) is 18.8 Å². The van der Waals surface area contributed by atoms with E-state index in [2.05, 4.69) is 29.6 Å². The highest BCUT2D eigenvalue weighted by Crippen LogP contribution is 2.40. The van der Waals surface area contributed by atoms with Gasteiger partial charge in [0.2, 0.25) is 0 Å². The van der Waals surface area contributed by atoms with Crippen LogP contribution in [0.1, 0.15) is 54.9 Å². The quantitative estimate of drug-likeness (QED) is 0.143. The molecule has 4 atom stereocenters. The highest BCUT2D eigenvalue weighted by molar-refractivity contribution is 7.99. The first-order valence-electron chi connectivity index (χ1n) is 14.7. The third kappa shape index (κ3) is 8.57. The van der Waals surface area contributed by atoms with E-state index >= 15 is 0 Å². The molecular formula is C36H37NO6S. The summed E-state index contributed by atoms with van der Waals surface area (Å²) in [6, 6.07) is 34.4. The highest BCUT2D eigenvalue weighted by atomic mass is 32.2. The smallest absolute Gasteiger partial charge is 0.303 e. The molecule has 0 spiro atoms. The molecular weight excluding hydrogens is 574 g/mol. The van der Waals surface area contributed by atoms with E-state index in [1.807, 2.05) is 78.9 Å². The lowest BCUT2D eigenvalue weighted by molar-refractivity contribution is -0.245. The number of hydrogen-bond acceptors (Lipinski definition) is 7. The van der Waals surface area contributed by atoms with Crippen molar-refractivity contribution >= 4 is 23.6 Å². The number of rotatable bonds is 11. The van der Waals surface area contributed by atoms with E-state index < -0.39 is 18.4 Å². The monoisotopic (exact) mass is 611 g/mol. The molecule has 8 heteroatoms. The first kappa shape index (κ1) is 31.5. The van der Waals surface area contributed by atoms with Crippen molar-refractivity contribution in [2.75, 3.05) is 5.75 Å². The summed E-state index contributed by atoms with van der Waals surface area (Å²) in [6.07, 6.45) is -0.795. The number of aliphatic hydroxyl groups is 1.